The molecule has 0 aromatic heterocycles. The Morgan fingerprint density at radius 1 is 1.06 bits per heavy atom. The van der Waals surface area contributed by atoms with Gasteiger partial charge in [0, 0.05) is 23.2 Å². The number of nitrogens with zero attached hydrogens (tertiary/aromatic N) is 3. The Balaban J connectivity index is 1.95. The summed E-state index contributed by atoms with van der Waals surface area (Å²) in [5, 5.41) is 16.8. The fourth-order valence-corrected chi connectivity index (χ4v) is 2.70. The van der Waals surface area contributed by atoms with Gasteiger partial charge < -0.3 is 0 Å². The molecule has 2 N–H and O–H groups in total. The van der Waals surface area contributed by atoms with Crippen molar-refractivity contribution in [2.75, 3.05) is 10.0 Å². The number of benzene rings is 1. The Hall–Kier alpha value is -1.59. The summed E-state index contributed by atoms with van der Waals surface area (Å²) in [6.45, 7) is 0. The summed E-state index contributed by atoms with van der Waals surface area (Å²) < 4.78 is 0. The molecule has 0 atom stereocenters. The van der Waals surface area contributed by atoms with E-state index in [-0.39, 0.29) is 0 Å². The summed E-state index contributed by atoms with van der Waals surface area (Å²) in [5.41, 5.74) is 2.41. The zero-order chi connectivity index (χ0) is 12.4. The van der Waals surface area contributed by atoms with E-state index in [4.69, 9.17) is 0 Å². The zero-order valence-electron chi connectivity index (χ0n) is 9.20. The van der Waals surface area contributed by atoms with Crippen LogP contribution in [-0.4, -0.2) is 0 Å². The maximum atomic E-state index is 9.25. The first-order chi connectivity index (χ1) is 8.88. The fourth-order valence-electron chi connectivity index (χ4n) is 1.66. The smallest absolute Gasteiger partial charge is 0.101 e. The van der Waals surface area contributed by atoms with E-state index in [2.05, 4.69) is 15.7 Å². The molecule has 18 heavy (non-hydrogen) atoms. The monoisotopic (exact) mass is 275 g/mol. The molecule has 0 amide bonds. The van der Waals surface area contributed by atoms with Crippen LogP contribution in [0.1, 0.15) is 5.56 Å². The molecule has 0 aliphatic carbocycles. The largest absolute Gasteiger partial charge is 0.274 e. The third-order valence-electron chi connectivity index (χ3n) is 2.50. The number of hydrazine groups is 2. The lowest BCUT2D eigenvalue weighted by molar-refractivity contribution is 0.989. The highest BCUT2D eigenvalue weighted by Gasteiger charge is 2.15. The highest BCUT2D eigenvalue weighted by molar-refractivity contribution is 8.00. The first-order valence-corrected chi connectivity index (χ1v) is 6.93. The molecule has 3 rings (SSSR count). The highest BCUT2D eigenvalue weighted by Crippen LogP contribution is 2.29. The molecule has 0 radical (unpaired) electrons. The van der Waals surface area contributed by atoms with Crippen LogP contribution in [-0.2, 0) is 0 Å². The summed E-state index contributed by atoms with van der Waals surface area (Å²) in [5.74, 6) is 0. The molecule has 0 bridgehead atoms. The molecule has 0 saturated heterocycles. The van der Waals surface area contributed by atoms with Crippen molar-refractivity contribution < 1.29 is 0 Å². The van der Waals surface area contributed by atoms with Crippen LogP contribution in [0.4, 0.5) is 11.4 Å². The molecule has 1 aromatic rings. The first-order valence-electron chi connectivity index (χ1n) is 5.17. The van der Waals surface area contributed by atoms with Crippen LogP contribution in [0.15, 0.2) is 41.4 Å². The van der Waals surface area contributed by atoms with Gasteiger partial charge in [0.2, 0.25) is 0 Å². The maximum Gasteiger partial charge on any atom is 0.101 e. The minimum atomic E-state index is 0.624. The van der Waals surface area contributed by atoms with E-state index in [0.29, 0.717) is 5.56 Å². The van der Waals surface area contributed by atoms with Crippen LogP contribution >= 0.6 is 23.9 Å². The number of anilines is 2. The quantitative estimate of drug-likeness (QED) is 0.804. The highest BCUT2D eigenvalue weighted by atomic mass is 32.2. The van der Waals surface area contributed by atoms with Crippen LogP contribution in [0.25, 0.3) is 0 Å². The Morgan fingerprint density at radius 2 is 1.78 bits per heavy atom. The molecule has 2 aliphatic rings. The summed E-state index contributed by atoms with van der Waals surface area (Å²) in [6.07, 6.45) is 3.81. The normalized spacial score (nSPS) is 17.5. The predicted molar refractivity (Wildman–Crippen MR) is 75.8 cm³/mol. The van der Waals surface area contributed by atoms with Gasteiger partial charge in [0.15, 0.2) is 0 Å². The molecular formula is C11H9N5S2. The van der Waals surface area contributed by atoms with Crippen molar-refractivity contribution in [2.24, 2.45) is 0 Å². The topological polar surface area (TPSA) is 54.3 Å². The summed E-state index contributed by atoms with van der Waals surface area (Å²) >= 11 is 2.97. The molecule has 1 aromatic carbocycles. The van der Waals surface area contributed by atoms with Crippen LogP contribution in [0.5, 0.6) is 0 Å². The summed E-state index contributed by atoms with van der Waals surface area (Å²) in [7, 11) is 0. The van der Waals surface area contributed by atoms with Crippen LogP contribution in [0.2, 0.25) is 0 Å². The summed E-state index contributed by atoms with van der Waals surface area (Å²) in [6, 6.07) is 7.98. The molecule has 0 spiro atoms. The van der Waals surface area contributed by atoms with Crippen molar-refractivity contribution in [3.63, 3.8) is 0 Å². The SMILES string of the molecule is N#Cc1cc(N2C=CSN2)ccc1N1C=CSN1. The Bertz CT molecular complexity index is 563. The molecule has 0 saturated carbocycles. The lowest BCUT2D eigenvalue weighted by Gasteiger charge is -2.20. The van der Waals surface area contributed by atoms with Gasteiger partial charge in [-0.15, -0.1) is 0 Å². The first kappa shape index (κ1) is 11.5. The summed E-state index contributed by atoms with van der Waals surface area (Å²) in [4.78, 5) is 6.17. The Morgan fingerprint density at radius 3 is 2.39 bits per heavy atom. The van der Waals surface area contributed by atoms with E-state index >= 15 is 0 Å². The fraction of sp³-hybridized carbons (Fsp3) is 0. The van der Waals surface area contributed by atoms with Crippen LogP contribution in [0.3, 0.4) is 0 Å². The van der Waals surface area contributed by atoms with E-state index in [9.17, 15) is 5.26 Å². The molecule has 2 heterocycles. The van der Waals surface area contributed by atoms with Gasteiger partial charge in [-0.1, -0.05) is 0 Å². The number of rotatable bonds is 2. The van der Waals surface area contributed by atoms with E-state index < -0.39 is 0 Å². The Kier molecular flexibility index (Phi) is 3.17. The molecule has 5 nitrogen and oxygen atoms in total. The van der Waals surface area contributed by atoms with Crippen molar-refractivity contribution in [1.82, 2.24) is 9.66 Å². The van der Waals surface area contributed by atoms with Gasteiger partial charge >= 0.3 is 0 Å². The van der Waals surface area contributed by atoms with E-state index in [0.717, 1.165) is 11.4 Å². The van der Waals surface area contributed by atoms with Crippen molar-refractivity contribution in [1.29, 1.82) is 5.26 Å². The predicted octanol–water partition coefficient (Wildman–Crippen LogP) is 2.45. The molecule has 7 heteroatoms. The van der Waals surface area contributed by atoms with Gasteiger partial charge in [0.25, 0.3) is 0 Å². The third kappa shape index (κ3) is 2.07. The second-order valence-electron chi connectivity index (χ2n) is 3.54. The average Bonchev–Trinajstić information content (AvgIpc) is 3.11. The lowest BCUT2D eigenvalue weighted by atomic mass is 10.1. The van der Waals surface area contributed by atoms with Gasteiger partial charge in [-0.25, -0.2) is 0 Å². The van der Waals surface area contributed by atoms with Gasteiger partial charge in [-0.2, -0.15) is 14.9 Å². The van der Waals surface area contributed by atoms with E-state index in [1.54, 1.807) is 0 Å². The van der Waals surface area contributed by atoms with Crippen molar-refractivity contribution in [3.05, 3.63) is 47.0 Å². The van der Waals surface area contributed by atoms with E-state index in [1.165, 1.54) is 23.9 Å². The molecular weight excluding hydrogens is 266 g/mol. The van der Waals surface area contributed by atoms with Gasteiger partial charge in [0.05, 0.1) is 16.9 Å². The van der Waals surface area contributed by atoms with E-state index in [1.807, 2.05) is 51.4 Å². The van der Waals surface area contributed by atoms with Gasteiger partial charge in [-0.05, 0) is 42.1 Å². The maximum absolute atomic E-state index is 9.25. The van der Waals surface area contributed by atoms with Crippen molar-refractivity contribution >= 4 is 35.3 Å². The number of hydrogen-bond donors (Lipinski definition) is 2. The van der Waals surface area contributed by atoms with Gasteiger partial charge in [-0.3, -0.25) is 10.0 Å². The standard InChI is InChI=1S/C11H9N5S2/c12-8-9-7-10(15-3-5-17-13-15)1-2-11(9)16-4-6-18-14-16/h1-7,13-14H. The minimum absolute atomic E-state index is 0.624. The van der Waals surface area contributed by atoms with Crippen LogP contribution in [0, 0.1) is 11.3 Å². The number of hydrogen-bond acceptors (Lipinski definition) is 7. The molecule has 2 aliphatic heterocycles. The third-order valence-corrected chi connectivity index (χ3v) is 3.62. The van der Waals surface area contributed by atoms with Crippen LogP contribution < -0.4 is 19.7 Å². The molecule has 0 fully saturated rings. The number of nitrogens with one attached hydrogen (secondary N) is 2. The molecule has 90 valence electrons. The van der Waals surface area contributed by atoms with Crippen molar-refractivity contribution in [3.8, 4) is 6.07 Å². The Labute approximate surface area is 113 Å². The molecule has 0 unspecified atom stereocenters. The van der Waals surface area contributed by atoms with Gasteiger partial charge in [0.1, 0.15) is 6.07 Å². The number of nitriles is 1. The lowest BCUT2D eigenvalue weighted by Crippen LogP contribution is -2.25. The average molecular weight is 275 g/mol. The minimum Gasteiger partial charge on any atom is -0.274 e. The zero-order valence-corrected chi connectivity index (χ0v) is 10.8. The second kappa shape index (κ2) is 4.96. The second-order valence-corrected chi connectivity index (χ2v) is 4.92. The van der Waals surface area contributed by atoms with Crippen molar-refractivity contribution in [2.45, 2.75) is 0 Å².